The van der Waals surface area contributed by atoms with Crippen LogP contribution < -0.4 is 0 Å². The van der Waals surface area contributed by atoms with Crippen LogP contribution >= 0.6 is 0 Å². The van der Waals surface area contributed by atoms with Gasteiger partial charge in [0.1, 0.15) is 0 Å². The average molecular weight is 359 g/mol. The third-order valence-electron chi connectivity index (χ3n) is 2.81. The maximum absolute atomic E-state index is 4.36. The number of hydrogen-bond acceptors (Lipinski definition) is 4. The van der Waals surface area contributed by atoms with Gasteiger partial charge in [-0.15, -0.1) is 10.2 Å². The van der Waals surface area contributed by atoms with E-state index in [0.29, 0.717) is 0 Å². The second kappa shape index (κ2) is 18.8. The van der Waals surface area contributed by atoms with Crippen LogP contribution in [0.25, 0.3) is 0 Å². The molecule has 1 aromatic heterocycles. The van der Waals surface area contributed by atoms with E-state index in [9.17, 15) is 0 Å². The van der Waals surface area contributed by atoms with Crippen LogP contribution in [-0.2, 0) is 0 Å². The van der Waals surface area contributed by atoms with Gasteiger partial charge >= 0.3 is 0 Å². The summed E-state index contributed by atoms with van der Waals surface area (Å²) in [6, 6.07) is 24.0. The Morgan fingerprint density at radius 2 is 0.963 bits per heavy atom. The van der Waals surface area contributed by atoms with E-state index in [2.05, 4.69) is 43.9 Å². The third-order valence-corrected chi connectivity index (χ3v) is 2.81. The second-order valence-electron chi connectivity index (χ2n) is 4.92. The van der Waals surface area contributed by atoms with Crippen molar-refractivity contribution in [3.8, 4) is 0 Å². The minimum Gasteiger partial charge on any atom is -0.431 e. The lowest BCUT2D eigenvalue weighted by Gasteiger charge is -1.69. The maximum Gasteiger partial charge on any atom is 0.203 e. The predicted octanol–water partition coefficient (Wildman–Crippen LogP) is 5.57. The van der Waals surface area contributed by atoms with Crippen LogP contribution in [0.5, 0.6) is 0 Å². The van der Waals surface area contributed by atoms with E-state index in [1.165, 1.54) is 12.8 Å². The Kier molecular flexibility index (Phi) is 15.0. The van der Waals surface area contributed by atoms with Crippen molar-refractivity contribution in [3.05, 3.63) is 122 Å². The van der Waals surface area contributed by atoms with Crippen LogP contribution in [0.4, 0.5) is 0 Å². The molecule has 27 heavy (non-hydrogen) atoms. The van der Waals surface area contributed by atoms with Crippen LogP contribution in [-0.4, -0.2) is 23.0 Å². The highest BCUT2D eigenvalue weighted by Gasteiger charge is 1.73. The minimum atomic E-state index is 0.889. The average Bonchev–Trinajstić information content (AvgIpc) is 3.58. The number of nitrogens with zero attached hydrogens (tertiary/aromatic N) is 3. The van der Waals surface area contributed by atoms with Gasteiger partial charge in [-0.05, 0) is 12.5 Å². The van der Waals surface area contributed by atoms with Crippen LogP contribution in [0.15, 0.2) is 131 Å². The molecule has 0 saturated carbocycles. The fraction of sp³-hybridized carbons (Fsp3) is 0.0870. The molecule has 2 heterocycles. The maximum atomic E-state index is 4.36. The SMILES string of the molecule is C1=CCC=C1.C1=CCN=C1.c1ccccc1.c1ccccc1.c1nnco1. The lowest BCUT2D eigenvalue weighted by molar-refractivity contribution is 0.553. The molecule has 0 radical (unpaired) electrons. The Bertz CT molecular complexity index is 590. The molecule has 0 amide bonds. The molecule has 0 atom stereocenters. The zero-order valence-electron chi connectivity index (χ0n) is 15.3. The molecule has 138 valence electrons. The van der Waals surface area contributed by atoms with Gasteiger partial charge in [-0.25, -0.2) is 0 Å². The summed E-state index contributed by atoms with van der Waals surface area (Å²) in [6.07, 6.45) is 17.8. The fourth-order valence-electron chi connectivity index (χ4n) is 1.60. The molecular weight excluding hydrogens is 334 g/mol. The number of allylic oxidation sites excluding steroid dienone is 5. The summed E-state index contributed by atoms with van der Waals surface area (Å²) in [5.41, 5.74) is 0. The van der Waals surface area contributed by atoms with E-state index in [0.717, 1.165) is 13.0 Å². The van der Waals surface area contributed by atoms with E-state index in [-0.39, 0.29) is 0 Å². The Labute approximate surface area is 161 Å². The highest BCUT2D eigenvalue weighted by Crippen LogP contribution is 1.93. The smallest absolute Gasteiger partial charge is 0.203 e. The molecule has 1 aliphatic heterocycles. The topological polar surface area (TPSA) is 51.3 Å². The molecule has 0 fully saturated rings. The molecule has 4 nitrogen and oxygen atoms in total. The van der Waals surface area contributed by atoms with E-state index in [4.69, 9.17) is 0 Å². The zero-order valence-corrected chi connectivity index (χ0v) is 15.3. The number of hydrogen-bond donors (Lipinski definition) is 0. The first kappa shape index (κ1) is 21.5. The van der Waals surface area contributed by atoms with Gasteiger partial charge in [0.15, 0.2) is 0 Å². The quantitative estimate of drug-likeness (QED) is 0.527. The van der Waals surface area contributed by atoms with Gasteiger partial charge in [-0.3, -0.25) is 4.99 Å². The van der Waals surface area contributed by atoms with Gasteiger partial charge in [-0.1, -0.05) is 103 Å². The van der Waals surface area contributed by atoms with E-state index in [1.54, 1.807) is 6.21 Å². The molecule has 0 spiro atoms. The van der Waals surface area contributed by atoms with E-state index in [1.807, 2.05) is 84.9 Å². The van der Waals surface area contributed by atoms with Crippen molar-refractivity contribution in [2.24, 2.45) is 4.99 Å². The van der Waals surface area contributed by atoms with Crippen LogP contribution in [0.1, 0.15) is 6.42 Å². The van der Waals surface area contributed by atoms with Crippen LogP contribution in [0.2, 0.25) is 0 Å². The Hall–Kier alpha value is -3.53. The first-order chi connectivity index (χ1) is 13.5. The molecule has 3 aromatic rings. The van der Waals surface area contributed by atoms with Gasteiger partial charge in [0.05, 0.1) is 6.54 Å². The van der Waals surface area contributed by atoms with Crippen LogP contribution in [0.3, 0.4) is 0 Å². The summed E-state index contributed by atoms with van der Waals surface area (Å²) in [5.74, 6) is 0. The summed E-state index contributed by atoms with van der Waals surface area (Å²) in [6.45, 7) is 0.889. The second-order valence-corrected chi connectivity index (χ2v) is 4.92. The Morgan fingerprint density at radius 3 is 1.11 bits per heavy atom. The van der Waals surface area contributed by atoms with Crippen molar-refractivity contribution in [3.63, 3.8) is 0 Å². The molecule has 4 heteroatoms. The highest BCUT2D eigenvalue weighted by atomic mass is 16.3. The van der Waals surface area contributed by atoms with E-state index < -0.39 is 0 Å². The van der Waals surface area contributed by atoms with Crippen molar-refractivity contribution in [1.29, 1.82) is 0 Å². The van der Waals surface area contributed by atoms with E-state index >= 15 is 0 Å². The number of aromatic nitrogens is 2. The minimum absolute atomic E-state index is 0.889. The van der Waals surface area contributed by atoms with Gasteiger partial charge in [-0.2, -0.15) is 0 Å². The molecule has 2 aromatic carbocycles. The van der Waals surface area contributed by atoms with Crippen molar-refractivity contribution in [2.75, 3.05) is 6.54 Å². The summed E-state index contributed by atoms with van der Waals surface area (Å²) in [4.78, 5) is 3.85. The summed E-state index contributed by atoms with van der Waals surface area (Å²) in [7, 11) is 0. The Morgan fingerprint density at radius 1 is 0.519 bits per heavy atom. The van der Waals surface area contributed by atoms with Crippen molar-refractivity contribution < 1.29 is 4.42 Å². The number of rotatable bonds is 0. The number of benzene rings is 2. The molecule has 0 saturated heterocycles. The lowest BCUT2D eigenvalue weighted by Crippen LogP contribution is -1.54. The molecule has 0 N–H and O–H groups in total. The van der Waals surface area contributed by atoms with Crippen molar-refractivity contribution in [1.82, 2.24) is 10.2 Å². The first-order valence-corrected chi connectivity index (χ1v) is 8.65. The lowest BCUT2D eigenvalue weighted by atomic mass is 10.4. The Balaban J connectivity index is 0.000000169. The molecular formula is C23H25N3O. The third kappa shape index (κ3) is 17.1. The van der Waals surface area contributed by atoms with Gasteiger partial charge in [0, 0.05) is 6.21 Å². The van der Waals surface area contributed by atoms with Gasteiger partial charge in [0.25, 0.3) is 0 Å². The monoisotopic (exact) mass is 359 g/mol. The van der Waals surface area contributed by atoms with Crippen molar-refractivity contribution in [2.45, 2.75) is 6.42 Å². The largest absolute Gasteiger partial charge is 0.431 e. The van der Waals surface area contributed by atoms with Gasteiger partial charge < -0.3 is 4.42 Å². The molecule has 0 bridgehead atoms. The first-order valence-electron chi connectivity index (χ1n) is 8.65. The summed E-state index contributed by atoms with van der Waals surface area (Å²) < 4.78 is 4.36. The summed E-state index contributed by atoms with van der Waals surface area (Å²) >= 11 is 0. The predicted molar refractivity (Wildman–Crippen MR) is 113 cm³/mol. The fourth-order valence-corrected chi connectivity index (χ4v) is 1.60. The van der Waals surface area contributed by atoms with Gasteiger partial charge in [0.2, 0.25) is 12.8 Å². The summed E-state index contributed by atoms with van der Waals surface area (Å²) in [5, 5.41) is 6.61. The van der Waals surface area contributed by atoms with Crippen molar-refractivity contribution >= 4 is 6.21 Å². The zero-order chi connectivity index (χ0) is 19.1. The highest BCUT2D eigenvalue weighted by molar-refractivity contribution is 5.73. The molecule has 2 aliphatic rings. The normalized spacial score (nSPS) is 11.6. The van der Waals surface area contributed by atoms with Crippen LogP contribution in [0, 0.1) is 0 Å². The standard InChI is InChI=1S/2C6H6.C5H6.C4H5N.C2H2N2O/c2*1-2-4-6-5-3-1;2*1-2-4-5-3-1;1-3-4-2-5-1/h2*1-6H;1-4H,5H2;1-3H,4H2;1-2H. The molecule has 5 rings (SSSR count). The number of aliphatic imine (C=N–C) groups is 1. The molecule has 0 unspecified atom stereocenters. The molecule has 1 aliphatic carbocycles.